The molecule has 10 heteroatoms. The average Bonchev–Trinajstić information content (AvgIpc) is 2.90. The zero-order valence-corrected chi connectivity index (χ0v) is 16.2. The zero-order valence-electron chi connectivity index (χ0n) is 14.6. The molecule has 0 bridgehead atoms. The summed E-state index contributed by atoms with van der Waals surface area (Å²) in [6, 6.07) is 9.14. The second-order valence-electron chi connectivity index (χ2n) is 5.91. The van der Waals surface area contributed by atoms with Crippen LogP contribution < -0.4 is 5.32 Å². The van der Waals surface area contributed by atoms with Crippen molar-refractivity contribution in [3.63, 3.8) is 0 Å². The number of phenols is 1. The maximum atomic E-state index is 13.3. The summed E-state index contributed by atoms with van der Waals surface area (Å²) in [7, 11) is 0. The van der Waals surface area contributed by atoms with Crippen LogP contribution >= 0.6 is 24.0 Å². The Labute approximate surface area is 173 Å². The van der Waals surface area contributed by atoms with E-state index in [1.165, 1.54) is 36.4 Å². The van der Waals surface area contributed by atoms with E-state index in [9.17, 15) is 29.0 Å². The molecule has 0 atom stereocenters. The van der Waals surface area contributed by atoms with Crippen LogP contribution in [0.1, 0.15) is 15.9 Å². The molecule has 1 fully saturated rings. The molecule has 148 valence electrons. The lowest BCUT2D eigenvalue weighted by Gasteiger charge is -2.15. The Morgan fingerprint density at radius 2 is 2.00 bits per heavy atom. The maximum absolute atomic E-state index is 13.3. The van der Waals surface area contributed by atoms with E-state index in [4.69, 9.17) is 12.2 Å². The number of hydrogen-bond donors (Lipinski definition) is 3. The number of carbonyl (C=O) groups is 3. The molecule has 0 aromatic heterocycles. The second kappa shape index (κ2) is 8.41. The first-order chi connectivity index (χ1) is 13.7. The van der Waals surface area contributed by atoms with Crippen molar-refractivity contribution >= 4 is 57.8 Å². The van der Waals surface area contributed by atoms with Gasteiger partial charge in [-0.25, -0.2) is 9.18 Å². The van der Waals surface area contributed by atoms with E-state index in [0.29, 0.717) is 5.56 Å². The highest BCUT2D eigenvalue weighted by molar-refractivity contribution is 8.26. The Morgan fingerprint density at radius 3 is 2.69 bits per heavy atom. The molecule has 3 N–H and O–H groups in total. The molecule has 7 nitrogen and oxygen atoms in total. The highest BCUT2D eigenvalue weighted by atomic mass is 32.2. The molecule has 0 unspecified atom stereocenters. The molecular weight excluding hydrogens is 419 g/mol. The lowest BCUT2D eigenvalue weighted by molar-refractivity contribution is -0.126. The van der Waals surface area contributed by atoms with Gasteiger partial charge in [-0.3, -0.25) is 14.5 Å². The molecule has 3 rings (SSSR count). The van der Waals surface area contributed by atoms with Crippen LogP contribution in [0.3, 0.4) is 0 Å². The number of nitrogens with zero attached hydrogens (tertiary/aromatic N) is 1. The minimum atomic E-state index is -1.33. The summed E-state index contributed by atoms with van der Waals surface area (Å²) in [6.07, 6.45) is 1.47. The smallest absolute Gasteiger partial charge is 0.337 e. The van der Waals surface area contributed by atoms with Crippen molar-refractivity contribution in [2.45, 2.75) is 0 Å². The number of aromatic carboxylic acids is 1. The second-order valence-corrected chi connectivity index (χ2v) is 7.58. The number of halogens is 1. The summed E-state index contributed by atoms with van der Waals surface area (Å²) in [4.78, 5) is 37.5. The number of rotatable bonds is 5. The summed E-state index contributed by atoms with van der Waals surface area (Å²) < 4.78 is 13.5. The van der Waals surface area contributed by atoms with Crippen molar-refractivity contribution in [2.24, 2.45) is 0 Å². The van der Waals surface area contributed by atoms with Crippen molar-refractivity contribution in [3.8, 4) is 5.75 Å². The van der Waals surface area contributed by atoms with E-state index < -0.39 is 30.1 Å². The maximum Gasteiger partial charge on any atom is 0.337 e. The third kappa shape index (κ3) is 4.79. The zero-order chi connectivity index (χ0) is 21.1. The van der Waals surface area contributed by atoms with Gasteiger partial charge in [-0.2, -0.15) is 0 Å². The van der Waals surface area contributed by atoms with Gasteiger partial charge >= 0.3 is 5.97 Å². The molecule has 29 heavy (non-hydrogen) atoms. The first-order valence-corrected chi connectivity index (χ1v) is 9.34. The molecule has 1 aliphatic rings. The number of phenolic OH excluding ortho intramolecular Hbond substituents is 1. The summed E-state index contributed by atoms with van der Waals surface area (Å²) in [6.45, 7) is -0.426. The predicted octanol–water partition coefficient (Wildman–Crippen LogP) is 3.07. The Kier molecular flexibility index (Phi) is 5.95. The molecule has 0 saturated carbocycles. The standard InChI is InChI=1S/C19H13FN2O5S2/c20-11-3-1-2-10(6-11)7-15-17(25)22(19(28)29-15)9-16(24)21-14-5-4-12(23)8-13(14)18(26)27/h1-8,23H,9H2,(H,21,24)(H,26,27). The number of carbonyl (C=O) groups excluding carboxylic acids is 2. The van der Waals surface area contributed by atoms with Crippen molar-refractivity contribution in [2.75, 3.05) is 11.9 Å². The van der Waals surface area contributed by atoms with Crippen LogP contribution in [-0.4, -0.2) is 43.8 Å². The van der Waals surface area contributed by atoms with Crippen molar-refractivity contribution in [1.29, 1.82) is 0 Å². The van der Waals surface area contributed by atoms with Gasteiger partial charge in [0, 0.05) is 0 Å². The van der Waals surface area contributed by atoms with Crippen LogP contribution in [0.4, 0.5) is 10.1 Å². The Morgan fingerprint density at radius 1 is 1.24 bits per heavy atom. The molecular formula is C19H13FN2O5S2. The van der Waals surface area contributed by atoms with E-state index in [0.717, 1.165) is 22.7 Å². The Balaban J connectivity index is 1.74. The predicted molar refractivity (Wildman–Crippen MR) is 110 cm³/mol. The number of aromatic hydroxyl groups is 1. The summed E-state index contributed by atoms with van der Waals surface area (Å²) in [5.74, 6) is -3.22. The number of thioether (sulfide) groups is 1. The topological polar surface area (TPSA) is 107 Å². The van der Waals surface area contributed by atoms with Crippen LogP contribution in [0.15, 0.2) is 47.4 Å². The number of anilines is 1. The number of thiocarbonyl (C=S) groups is 1. The SMILES string of the molecule is O=C(CN1C(=O)C(=Cc2cccc(F)c2)SC1=S)Nc1ccc(O)cc1C(=O)O. The molecule has 0 radical (unpaired) electrons. The van der Waals surface area contributed by atoms with Crippen molar-refractivity contribution in [1.82, 2.24) is 4.90 Å². The molecule has 0 spiro atoms. The third-order valence-electron chi connectivity index (χ3n) is 3.83. The fourth-order valence-corrected chi connectivity index (χ4v) is 3.79. The Hall–Kier alpha value is -3.24. The number of amides is 2. The van der Waals surface area contributed by atoms with Gasteiger partial charge in [-0.15, -0.1) is 0 Å². The van der Waals surface area contributed by atoms with Gasteiger partial charge in [0.15, 0.2) is 0 Å². The Bertz CT molecular complexity index is 1070. The summed E-state index contributed by atoms with van der Waals surface area (Å²) in [5.41, 5.74) is 0.154. The third-order valence-corrected chi connectivity index (χ3v) is 5.21. The van der Waals surface area contributed by atoms with Crippen molar-refractivity contribution in [3.05, 3.63) is 64.3 Å². The van der Waals surface area contributed by atoms with E-state index in [1.54, 1.807) is 6.07 Å². The summed E-state index contributed by atoms with van der Waals surface area (Å²) in [5, 5.41) is 21.0. The molecule has 2 aromatic rings. The van der Waals surface area contributed by atoms with Crippen LogP contribution in [0.5, 0.6) is 5.75 Å². The molecule has 2 aromatic carbocycles. The monoisotopic (exact) mass is 432 g/mol. The molecule has 2 amide bonds. The highest BCUT2D eigenvalue weighted by Crippen LogP contribution is 2.32. The lowest BCUT2D eigenvalue weighted by atomic mass is 10.1. The number of carboxylic acid groups (broad SMARTS) is 1. The summed E-state index contributed by atoms with van der Waals surface area (Å²) >= 11 is 6.13. The van der Waals surface area contributed by atoms with Crippen LogP contribution in [0, 0.1) is 5.82 Å². The van der Waals surface area contributed by atoms with Gasteiger partial charge in [0.25, 0.3) is 5.91 Å². The highest BCUT2D eigenvalue weighted by Gasteiger charge is 2.33. The van der Waals surface area contributed by atoms with E-state index in [2.05, 4.69) is 5.32 Å². The van der Waals surface area contributed by atoms with E-state index >= 15 is 0 Å². The molecule has 1 aliphatic heterocycles. The minimum Gasteiger partial charge on any atom is -0.508 e. The lowest BCUT2D eigenvalue weighted by Crippen LogP contribution is -2.36. The quantitative estimate of drug-likeness (QED) is 0.379. The van der Waals surface area contributed by atoms with Gasteiger partial charge in [0.2, 0.25) is 5.91 Å². The largest absolute Gasteiger partial charge is 0.508 e. The van der Waals surface area contributed by atoms with Crippen LogP contribution in [0.2, 0.25) is 0 Å². The molecule has 1 heterocycles. The molecule has 1 saturated heterocycles. The fraction of sp³-hybridized carbons (Fsp3) is 0.0526. The van der Waals surface area contributed by atoms with Gasteiger partial charge in [0.05, 0.1) is 16.2 Å². The van der Waals surface area contributed by atoms with Gasteiger partial charge in [-0.05, 0) is 42.0 Å². The molecule has 0 aliphatic carbocycles. The number of benzene rings is 2. The van der Waals surface area contributed by atoms with E-state index in [-0.39, 0.29) is 26.2 Å². The van der Waals surface area contributed by atoms with E-state index in [1.807, 2.05) is 0 Å². The average molecular weight is 432 g/mol. The fourth-order valence-electron chi connectivity index (χ4n) is 2.54. The van der Waals surface area contributed by atoms with Crippen molar-refractivity contribution < 1.29 is 29.0 Å². The number of carboxylic acids is 1. The number of hydrogen-bond acceptors (Lipinski definition) is 6. The van der Waals surface area contributed by atoms with Crippen LogP contribution in [-0.2, 0) is 9.59 Å². The van der Waals surface area contributed by atoms with Gasteiger partial charge in [0.1, 0.15) is 22.4 Å². The first-order valence-electron chi connectivity index (χ1n) is 8.11. The van der Waals surface area contributed by atoms with Crippen LogP contribution in [0.25, 0.3) is 6.08 Å². The first kappa shape index (κ1) is 20.5. The minimum absolute atomic E-state index is 0.0268. The normalized spacial score (nSPS) is 15.1. The van der Waals surface area contributed by atoms with Gasteiger partial charge in [-0.1, -0.05) is 36.1 Å². The van der Waals surface area contributed by atoms with Gasteiger partial charge < -0.3 is 15.5 Å². The number of nitrogens with one attached hydrogen (secondary N) is 1.